The molecule has 1 atom stereocenters. The molecule has 0 saturated carbocycles. The van der Waals surface area contributed by atoms with Crippen LogP contribution in [0.2, 0.25) is 0 Å². The number of aryl methyl sites for hydroxylation is 1. The molecule has 3 nitrogen and oxygen atoms in total. The minimum atomic E-state index is -0.203. The van der Waals surface area contributed by atoms with E-state index in [2.05, 4.69) is 5.32 Å². The fourth-order valence-electron chi connectivity index (χ4n) is 1.71. The van der Waals surface area contributed by atoms with Gasteiger partial charge in [0.15, 0.2) is 0 Å². The summed E-state index contributed by atoms with van der Waals surface area (Å²) >= 11 is 0. The molecule has 3 heteroatoms. The van der Waals surface area contributed by atoms with Crippen LogP contribution in [0.5, 0.6) is 0 Å². The molecule has 0 spiro atoms. The van der Waals surface area contributed by atoms with Crippen molar-refractivity contribution >= 4 is 11.6 Å². The minimum Gasteiger partial charge on any atom is -0.342 e. The predicted molar refractivity (Wildman–Crippen MR) is 69.0 cm³/mol. The van der Waals surface area contributed by atoms with Crippen molar-refractivity contribution in [2.75, 3.05) is 5.32 Å². The second-order valence-corrected chi connectivity index (χ2v) is 4.16. The summed E-state index contributed by atoms with van der Waals surface area (Å²) in [6.07, 6.45) is 3.78. The highest BCUT2D eigenvalue weighted by atomic mass is 16.2. The molecule has 0 fully saturated rings. The predicted octanol–water partition coefficient (Wildman–Crippen LogP) is 3.00. The van der Waals surface area contributed by atoms with Crippen molar-refractivity contribution in [2.24, 2.45) is 0 Å². The molecule has 0 aliphatic heterocycles. The smallest absolute Gasteiger partial charge is 0.247 e. The molecule has 17 heavy (non-hydrogen) atoms. The van der Waals surface area contributed by atoms with Gasteiger partial charge in [-0.2, -0.15) is 0 Å². The first-order valence-corrected chi connectivity index (χ1v) is 5.67. The van der Waals surface area contributed by atoms with Crippen molar-refractivity contribution in [3.8, 4) is 0 Å². The van der Waals surface area contributed by atoms with E-state index in [9.17, 15) is 4.79 Å². The first-order valence-electron chi connectivity index (χ1n) is 5.67. The Bertz CT molecular complexity index is 503. The third-order valence-electron chi connectivity index (χ3n) is 2.74. The Labute approximate surface area is 101 Å². The standard InChI is InChI=1S/C14H16N2O/c1-11-6-5-7-13(10-11)15-14(17)12(2)16-8-3-4-9-16/h3-10,12H,1-2H3,(H,15,17)/t12-/m0/s1. The normalized spacial score (nSPS) is 12.1. The highest BCUT2D eigenvalue weighted by Gasteiger charge is 2.13. The van der Waals surface area contributed by atoms with Gasteiger partial charge in [-0.25, -0.2) is 0 Å². The molecule has 0 saturated heterocycles. The van der Waals surface area contributed by atoms with Gasteiger partial charge in [-0.3, -0.25) is 4.79 Å². The maximum atomic E-state index is 12.0. The lowest BCUT2D eigenvalue weighted by Crippen LogP contribution is -2.22. The molecule has 0 aliphatic rings. The van der Waals surface area contributed by atoms with E-state index in [0.717, 1.165) is 11.3 Å². The van der Waals surface area contributed by atoms with Gasteiger partial charge in [-0.15, -0.1) is 0 Å². The molecule has 0 bridgehead atoms. The Morgan fingerprint density at radius 2 is 1.94 bits per heavy atom. The van der Waals surface area contributed by atoms with E-state index in [0.29, 0.717) is 0 Å². The molecule has 2 aromatic rings. The van der Waals surface area contributed by atoms with Gasteiger partial charge in [0.05, 0.1) is 0 Å². The lowest BCUT2D eigenvalue weighted by Gasteiger charge is -2.14. The molecule has 1 aromatic heterocycles. The molecule has 0 radical (unpaired) electrons. The molecule has 0 unspecified atom stereocenters. The highest BCUT2D eigenvalue weighted by Crippen LogP contribution is 2.13. The topological polar surface area (TPSA) is 34.0 Å². The van der Waals surface area contributed by atoms with Crippen LogP contribution in [-0.2, 0) is 4.79 Å². The van der Waals surface area contributed by atoms with Crippen LogP contribution in [0.15, 0.2) is 48.8 Å². The van der Waals surface area contributed by atoms with Gasteiger partial charge in [0.2, 0.25) is 5.91 Å². The molecule has 1 N–H and O–H groups in total. The Morgan fingerprint density at radius 3 is 2.59 bits per heavy atom. The lowest BCUT2D eigenvalue weighted by atomic mass is 10.2. The first-order chi connectivity index (χ1) is 8.16. The summed E-state index contributed by atoms with van der Waals surface area (Å²) < 4.78 is 1.88. The number of aromatic nitrogens is 1. The van der Waals surface area contributed by atoms with Crippen molar-refractivity contribution in [1.29, 1.82) is 0 Å². The Hall–Kier alpha value is -2.03. The number of hydrogen-bond acceptors (Lipinski definition) is 1. The molecule has 1 amide bonds. The lowest BCUT2D eigenvalue weighted by molar-refractivity contribution is -0.118. The van der Waals surface area contributed by atoms with E-state index in [-0.39, 0.29) is 11.9 Å². The zero-order valence-corrected chi connectivity index (χ0v) is 10.1. The van der Waals surface area contributed by atoms with E-state index in [4.69, 9.17) is 0 Å². The SMILES string of the molecule is Cc1cccc(NC(=O)[C@H](C)n2cccc2)c1. The Morgan fingerprint density at radius 1 is 1.24 bits per heavy atom. The molecule has 1 aromatic carbocycles. The largest absolute Gasteiger partial charge is 0.342 e. The number of rotatable bonds is 3. The number of carbonyl (C=O) groups excluding carboxylic acids is 1. The number of nitrogens with one attached hydrogen (secondary N) is 1. The molecule has 1 heterocycles. The monoisotopic (exact) mass is 228 g/mol. The summed E-state index contributed by atoms with van der Waals surface area (Å²) in [5.74, 6) is -0.00759. The summed E-state index contributed by atoms with van der Waals surface area (Å²) in [5, 5.41) is 2.91. The summed E-state index contributed by atoms with van der Waals surface area (Å²) in [5.41, 5.74) is 1.98. The van der Waals surface area contributed by atoms with Crippen molar-refractivity contribution < 1.29 is 4.79 Å². The van der Waals surface area contributed by atoms with E-state index >= 15 is 0 Å². The molecule has 2 rings (SSSR count). The number of benzene rings is 1. The second-order valence-electron chi connectivity index (χ2n) is 4.16. The maximum Gasteiger partial charge on any atom is 0.247 e. The molecular weight excluding hydrogens is 212 g/mol. The van der Waals surface area contributed by atoms with E-state index in [1.54, 1.807) is 0 Å². The van der Waals surface area contributed by atoms with Gasteiger partial charge in [-0.05, 0) is 43.7 Å². The fourth-order valence-corrected chi connectivity index (χ4v) is 1.71. The zero-order chi connectivity index (χ0) is 12.3. The van der Waals surface area contributed by atoms with Crippen LogP contribution in [0.25, 0.3) is 0 Å². The first kappa shape index (κ1) is 11.5. The van der Waals surface area contributed by atoms with E-state index in [1.807, 2.05) is 67.2 Å². The van der Waals surface area contributed by atoms with Crippen LogP contribution in [0, 0.1) is 6.92 Å². The van der Waals surface area contributed by atoms with Crippen molar-refractivity contribution in [1.82, 2.24) is 4.57 Å². The highest BCUT2D eigenvalue weighted by molar-refractivity contribution is 5.93. The Balaban J connectivity index is 2.07. The molecule has 0 aliphatic carbocycles. The van der Waals surface area contributed by atoms with Crippen LogP contribution in [0.1, 0.15) is 18.5 Å². The summed E-state index contributed by atoms with van der Waals surface area (Å²) in [4.78, 5) is 12.0. The van der Waals surface area contributed by atoms with Gasteiger partial charge in [0, 0.05) is 18.1 Å². The second kappa shape index (κ2) is 4.87. The minimum absolute atomic E-state index is 0.00759. The summed E-state index contributed by atoms with van der Waals surface area (Å²) in [6, 6.07) is 11.4. The summed E-state index contributed by atoms with van der Waals surface area (Å²) in [7, 11) is 0. The number of anilines is 1. The third kappa shape index (κ3) is 2.75. The quantitative estimate of drug-likeness (QED) is 0.861. The van der Waals surface area contributed by atoms with E-state index in [1.165, 1.54) is 0 Å². The van der Waals surface area contributed by atoms with Gasteiger partial charge in [0.25, 0.3) is 0 Å². The van der Waals surface area contributed by atoms with Gasteiger partial charge in [-0.1, -0.05) is 12.1 Å². The van der Waals surface area contributed by atoms with Crippen LogP contribution in [-0.4, -0.2) is 10.5 Å². The maximum absolute atomic E-state index is 12.0. The van der Waals surface area contributed by atoms with Gasteiger partial charge in [0.1, 0.15) is 6.04 Å². The van der Waals surface area contributed by atoms with Crippen LogP contribution in [0.3, 0.4) is 0 Å². The third-order valence-corrected chi connectivity index (χ3v) is 2.74. The molecular formula is C14H16N2O. The number of carbonyl (C=O) groups is 1. The van der Waals surface area contributed by atoms with Crippen LogP contribution >= 0.6 is 0 Å². The number of nitrogens with zero attached hydrogens (tertiary/aromatic N) is 1. The fraction of sp³-hybridized carbons (Fsp3) is 0.214. The summed E-state index contributed by atoms with van der Waals surface area (Å²) in [6.45, 7) is 3.89. The zero-order valence-electron chi connectivity index (χ0n) is 10.1. The van der Waals surface area contributed by atoms with Crippen molar-refractivity contribution in [3.05, 3.63) is 54.4 Å². The van der Waals surface area contributed by atoms with Crippen LogP contribution < -0.4 is 5.32 Å². The molecule has 88 valence electrons. The number of amides is 1. The number of hydrogen-bond donors (Lipinski definition) is 1. The van der Waals surface area contributed by atoms with E-state index < -0.39 is 0 Å². The van der Waals surface area contributed by atoms with Gasteiger partial charge < -0.3 is 9.88 Å². The van der Waals surface area contributed by atoms with Crippen molar-refractivity contribution in [3.63, 3.8) is 0 Å². The van der Waals surface area contributed by atoms with Gasteiger partial charge >= 0.3 is 0 Å². The average molecular weight is 228 g/mol. The van der Waals surface area contributed by atoms with Crippen LogP contribution in [0.4, 0.5) is 5.69 Å². The van der Waals surface area contributed by atoms with Crippen molar-refractivity contribution in [2.45, 2.75) is 19.9 Å². The average Bonchev–Trinajstić information content (AvgIpc) is 2.81. The Kier molecular flexibility index (Phi) is 3.28.